The maximum atomic E-state index is 13.3. The number of aryl methyl sites for hydroxylation is 1. The van der Waals surface area contributed by atoms with Crippen molar-refractivity contribution >= 4 is 66.7 Å². The number of thioether (sulfide) groups is 1. The molecular weight excluding hydrogens is 530 g/mol. The van der Waals surface area contributed by atoms with Crippen molar-refractivity contribution in [3.63, 3.8) is 0 Å². The molecule has 1 aromatic heterocycles. The number of hydrogen-bond acceptors (Lipinski definition) is 7. The summed E-state index contributed by atoms with van der Waals surface area (Å²) < 4.78 is 7.23. The van der Waals surface area contributed by atoms with Crippen LogP contribution < -0.4 is 4.74 Å². The number of rotatable bonds is 6. The maximum absolute atomic E-state index is 13.3. The Hall–Kier alpha value is -2.81. The minimum absolute atomic E-state index is 0.111. The molecule has 0 spiro atoms. The van der Waals surface area contributed by atoms with Gasteiger partial charge < -0.3 is 4.74 Å². The van der Waals surface area contributed by atoms with Crippen molar-refractivity contribution in [2.24, 2.45) is 0 Å². The van der Waals surface area contributed by atoms with Gasteiger partial charge in [0.15, 0.2) is 5.78 Å². The van der Waals surface area contributed by atoms with Crippen molar-refractivity contribution in [3.05, 3.63) is 91.2 Å². The van der Waals surface area contributed by atoms with E-state index in [0.717, 1.165) is 37.8 Å². The van der Waals surface area contributed by atoms with Gasteiger partial charge in [0.2, 0.25) is 0 Å². The van der Waals surface area contributed by atoms with Crippen LogP contribution in [0.2, 0.25) is 0 Å². The molecule has 4 aromatic rings. The Morgan fingerprint density at radius 2 is 1.88 bits per heavy atom. The molecule has 8 heteroatoms. The van der Waals surface area contributed by atoms with E-state index in [4.69, 9.17) is 10.1 Å². The number of halogens is 1. The van der Waals surface area contributed by atoms with E-state index in [-0.39, 0.29) is 10.8 Å². The highest BCUT2D eigenvalue weighted by Gasteiger charge is 2.39. The Kier molecular flexibility index (Phi) is 6.63. The Morgan fingerprint density at radius 1 is 1.09 bits per heavy atom. The third kappa shape index (κ3) is 4.58. The van der Waals surface area contributed by atoms with Gasteiger partial charge in [0.25, 0.3) is 0 Å². The summed E-state index contributed by atoms with van der Waals surface area (Å²) >= 11 is 6.06. The zero-order chi connectivity index (χ0) is 23.7. The predicted molar refractivity (Wildman–Crippen MR) is 143 cm³/mol. The highest BCUT2D eigenvalue weighted by Crippen LogP contribution is 2.43. The number of allylic oxidation sites excluding steroid dienone is 1. The zero-order valence-corrected chi connectivity index (χ0v) is 21.5. The number of carbonyl (C=O) groups is 1. The average Bonchev–Trinajstić information content (AvgIpc) is 3.43. The molecule has 1 atom stereocenters. The first-order valence-electron chi connectivity index (χ1n) is 10.8. The lowest BCUT2D eigenvalue weighted by Crippen LogP contribution is -2.11. The molecule has 2 heterocycles. The number of nitrogens with one attached hydrogen (secondary N) is 1. The van der Waals surface area contributed by atoms with Crippen LogP contribution in [0.15, 0.2) is 70.0 Å². The molecule has 1 fully saturated rings. The number of ether oxygens (including phenoxy) is 1. The fraction of sp³-hybridized carbons (Fsp3) is 0.154. The fourth-order valence-corrected chi connectivity index (χ4v) is 5.96. The van der Waals surface area contributed by atoms with Crippen molar-refractivity contribution in [1.82, 2.24) is 10.2 Å². The molecule has 5 nitrogen and oxygen atoms in total. The predicted octanol–water partition coefficient (Wildman–Crippen LogP) is 7.01. The van der Waals surface area contributed by atoms with Gasteiger partial charge in [0.1, 0.15) is 28.3 Å². The standard InChI is InChI=1S/C26H20BrN3O2S2/c1-2-22-29-30-26(34-22)23-24(31)21(33-25(23)28)13-19-18-6-4-3-5-16(18)9-12-20(19)32-14-15-7-10-17(27)11-8-15/h3-13,23,28H,2,14H2,1H3/b21-13-,28-25?/t23-/m1/s1. The molecule has 1 aliphatic rings. The van der Waals surface area contributed by atoms with Crippen LogP contribution in [0.3, 0.4) is 0 Å². The van der Waals surface area contributed by atoms with E-state index in [2.05, 4.69) is 26.1 Å². The number of ketones is 1. The molecule has 5 rings (SSSR count). The number of benzene rings is 3. The molecule has 1 N–H and O–H groups in total. The molecule has 1 saturated heterocycles. The summed E-state index contributed by atoms with van der Waals surface area (Å²) in [6.07, 6.45) is 2.62. The summed E-state index contributed by atoms with van der Waals surface area (Å²) in [7, 11) is 0. The van der Waals surface area contributed by atoms with Gasteiger partial charge in [-0.1, -0.05) is 77.1 Å². The lowest BCUT2D eigenvalue weighted by molar-refractivity contribution is -0.114. The molecule has 0 amide bonds. The van der Waals surface area contributed by atoms with Crippen molar-refractivity contribution in [2.45, 2.75) is 25.9 Å². The lowest BCUT2D eigenvalue weighted by Gasteiger charge is -2.13. The number of Topliss-reactive ketones (excluding diaryl/α,β-unsaturated/α-hetero) is 1. The minimum atomic E-state index is -0.670. The molecule has 3 aromatic carbocycles. The zero-order valence-electron chi connectivity index (χ0n) is 18.2. The molecule has 0 bridgehead atoms. The first kappa shape index (κ1) is 23.0. The Balaban J connectivity index is 1.51. The van der Waals surface area contributed by atoms with Crippen LogP contribution in [0.1, 0.15) is 34.0 Å². The van der Waals surface area contributed by atoms with Gasteiger partial charge >= 0.3 is 0 Å². The van der Waals surface area contributed by atoms with Gasteiger partial charge in [-0.05, 0) is 47.0 Å². The third-order valence-electron chi connectivity index (χ3n) is 5.53. The first-order valence-corrected chi connectivity index (χ1v) is 13.2. The largest absolute Gasteiger partial charge is 0.488 e. The topological polar surface area (TPSA) is 75.9 Å². The second kappa shape index (κ2) is 9.82. The summed E-state index contributed by atoms with van der Waals surface area (Å²) in [5.41, 5.74) is 1.89. The second-order valence-corrected chi connectivity index (χ2v) is 10.9. The van der Waals surface area contributed by atoms with Crippen LogP contribution in [-0.2, 0) is 17.8 Å². The summed E-state index contributed by atoms with van der Waals surface area (Å²) in [5.74, 6) is -0.0848. The molecule has 34 heavy (non-hydrogen) atoms. The van der Waals surface area contributed by atoms with Crippen LogP contribution in [0.4, 0.5) is 0 Å². The van der Waals surface area contributed by atoms with Gasteiger partial charge in [-0.2, -0.15) is 0 Å². The number of aromatic nitrogens is 2. The minimum Gasteiger partial charge on any atom is -0.488 e. The smallest absolute Gasteiger partial charge is 0.186 e. The third-order valence-corrected chi connectivity index (χ3v) is 8.19. The second-order valence-electron chi connectivity index (χ2n) is 7.77. The van der Waals surface area contributed by atoms with Crippen LogP contribution in [0.25, 0.3) is 16.8 Å². The normalized spacial score (nSPS) is 17.1. The molecular formula is C26H20BrN3O2S2. The van der Waals surface area contributed by atoms with Gasteiger partial charge in [0.05, 0.1) is 9.95 Å². The Bertz CT molecular complexity index is 1430. The molecule has 0 saturated carbocycles. The maximum Gasteiger partial charge on any atom is 0.186 e. The highest BCUT2D eigenvalue weighted by atomic mass is 79.9. The number of hydrogen-bond donors (Lipinski definition) is 1. The lowest BCUT2D eigenvalue weighted by atomic mass is 10.0. The van der Waals surface area contributed by atoms with Crippen molar-refractivity contribution in [3.8, 4) is 5.75 Å². The van der Waals surface area contributed by atoms with Crippen LogP contribution in [0.5, 0.6) is 5.75 Å². The van der Waals surface area contributed by atoms with E-state index >= 15 is 0 Å². The van der Waals surface area contributed by atoms with Crippen LogP contribution >= 0.6 is 39.0 Å². The van der Waals surface area contributed by atoms with Gasteiger partial charge in [-0.15, -0.1) is 21.5 Å². The van der Waals surface area contributed by atoms with E-state index in [1.165, 1.54) is 23.1 Å². The van der Waals surface area contributed by atoms with Gasteiger partial charge in [-0.3, -0.25) is 10.2 Å². The average molecular weight is 551 g/mol. The van der Waals surface area contributed by atoms with E-state index in [9.17, 15) is 4.79 Å². The van der Waals surface area contributed by atoms with E-state index in [0.29, 0.717) is 22.3 Å². The SMILES string of the molecule is CCc1nnc([C@H]2C(=N)S/C(=C\c3c(OCc4ccc(Br)cc4)ccc4ccccc34)C2=O)s1. The Morgan fingerprint density at radius 3 is 2.65 bits per heavy atom. The molecule has 0 aliphatic carbocycles. The summed E-state index contributed by atoms with van der Waals surface area (Å²) in [6, 6.07) is 20.0. The van der Waals surface area contributed by atoms with E-state index in [1.54, 1.807) is 0 Å². The molecule has 1 aliphatic heterocycles. The summed E-state index contributed by atoms with van der Waals surface area (Å²) in [4.78, 5) is 13.9. The van der Waals surface area contributed by atoms with Gasteiger partial charge in [-0.25, -0.2) is 0 Å². The number of nitrogens with zero attached hydrogens (tertiary/aromatic N) is 2. The Labute approximate surface area is 213 Å². The van der Waals surface area contributed by atoms with Crippen LogP contribution in [0, 0.1) is 5.41 Å². The quantitative estimate of drug-likeness (QED) is 0.261. The molecule has 0 radical (unpaired) electrons. The molecule has 0 unspecified atom stereocenters. The fourth-order valence-electron chi connectivity index (χ4n) is 3.76. The first-order chi connectivity index (χ1) is 16.5. The van der Waals surface area contributed by atoms with Crippen molar-refractivity contribution in [1.29, 1.82) is 5.41 Å². The monoisotopic (exact) mass is 549 g/mol. The van der Waals surface area contributed by atoms with Crippen molar-refractivity contribution in [2.75, 3.05) is 0 Å². The van der Waals surface area contributed by atoms with Crippen molar-refractivity contribution < 1.29 is 9.53 Å². The highest BCUT2D eigenvalue weighted by molar-refractivity contribution is 9.10. The summed E-state index contributed by atoms with van der Waals surface area (Å²) in [5, 5.41) is 20.6. The van der Waals surface area contributed by atoms with Crippen LogP contribution in [-0.4, -0.2) is 21.0 Å². The van der Waals surface area contributed by atoms with Gasteiger partial charge in [0, 0.05) is 10.0 Å². The molecule has 170 valence electrons. The summed E-state index contributed by atoms with van der Waals surface area (Å²) in [6.45, 7) is 2.41. The number of carbonyl (C=O) groups excluding carboxylic acids is 1. The number of fused-ring (bicyclic) bond motifs is 1. The van der Waals surface area contributed by atoms with E-state index < -0.39 is 5.92 Å². The van der Waals surface area contributed by atoms with E-state index in [1.807, 2.05) is 73.7 Å².